The highest BCUT2D eigenvalue weighted by Crippen LogP contribution is 2.82. The maximum atomic E-state index is 2.31. The molecule has 0 N–H and O–H groups in total. The van der Waals surface area contributed by atoms with Gasteiger partial charge >= 0.3 is 0 Å². The van der Waals surface area contributed by atoms with Crippen LogP contribution < -0.4 is 0 Å². The highest BCUT2D eigenvalue weighted by molar-refractivity contribution is 8.00. The normalized spacial score (nSPS) is 47.6. The molecule has 0 amide bonds. The summed E-state index contributed by atoms with van der Waals surface area (Å²) in [6.07, 6.45) is 0. The van der Waals surface area contributed by atoms with Crippen LogP contribution in [0.15, 0.2) is 29.2 Å². The zero-order chi connectivity index (χ0) is 7.00. The van der Waals surface area contributed by atoms with Crippen molar-refractivity contribution in [3.05, 3.63) is 29.8 Å². The second kappa shape index (κ2) is 1.38. The van der Waals surface area contributed by atoms with E-state index in [0.29, 0.717) is 0 Å². The molecular weight excluding hydrogens is 152 g/mol. The Hall–Kier alpha value is -0.430. The lowest BCUT2D eigenvalue weighted by atomic mass is 10.0. The molecule has 2 fully saturated rings. The van der Waals surface area contributed by atoms with Crippen LogP contribution in [0.3, 0.4) is 0 Å². The smallest absolute Gasteiger partial charge is 0.0169 e. The molecule has 1 heteroatoms. The maximum Gasteiger partial charge on any atom is 0.0169 e. The van der Waals surface area contributed by atoms with E-state index in [4.69, 9.17) is 0 Å². The third-order valence-corrected chi connectivity index (χ3v) is 4.82. The lowest BCUT2D eigenvalue weighted by molar-refractivity contribution is 0.756. The molecule has 5 rings (SSSR count). The number of rotatable bonds is 0. The van der Waals surface area contributed by atoms with Crippen molar-refractivity contribution in [2.75, 3.05) is 0 Å². The highest BCUT2D eigenvalue weighted by Gasteiger charge is 2.76. The van der Waals surface area contributed by atoms with Crippen molar-refractivity contribution in [3.8, 4) is 0 Å². The van der Waals surface area contributed by atoms with Crippen molar-refractivity contribution in [3.63, 3.8) is 0 Å². The lowest BCUT2D eigenvalue weighted by Gasteiger charge is -2.21. The first-order valence-corrected chi connectivity index (χ1v) is 5.10. The molecule has 2 atom stereocenters. The highest BCUT2D eigenvalue weighted by atomic mass is 32.2. The van der Waals surface area contributed by atoms with Crippen molar-refractivity contribution >= 4 is 11.8 Å². The largest absolute Gasteiger partial charge is 0.122 e. The van der Waals surface area contributed by atoms with Crippen LogP contribution in [0.4, 0.5) is 0 Å². The Bertz CT molecular complexity index is 328. The molecule has 4 aliphatic rings. The first-order chi connectivity index (χ1) is 5.47. The van der Waals surface area contributed by atoms with Gasteiger partial charge in [-0.3, -0.25) is 0 Å². The van der Waals surface area contributed by atoms with Crippen molar-refractivity contribution in [1.82, 2.24) is 0 Å². The Morgan fingerprint density at radius 3 is 2.82 bits per heavy atom. The van der Waals surface area contributed by atoms with Gasteiger partial charge in [0.05, 0.1) is 0 Å². The molecule has 1 aromatic rings. The van der Waals surface area contributed by atoms with Crippen LogP contribution in [-0.4, -0.2) is 5.25 Å². The SMILES string of the molecule is c1ccc2c(c1)SC1C3C2C13. The average Bonchev–Trinajstić information content (AvgIpc) is 2.92. The van der Waals surface area contributed by atoms with Gasteiger partial charge in [-0.2, -0.15) is 0 Å². The fourth-order valence-electron chi connectivity index (χ4n) is 2.53. The predicted molar refractivity (Wildman–Crippen MR) is 45.8 cm³/mol. The van der Waals surface area contributed by atoms with Crippen molar-refractivity contribution in [2.45, 2.75) is 16.1 Å². The van der Waals surface area contributed by atoms with E-state index in [1.54, 1.807) is 10.5 Å². The summed E-state index contributed by atoms with van der Waals surface area (Å²) in [4.78, 5) is 1.56. The molecule has 0 radical (unpaired) electrons. The van der Waals surface area contributed by atoms with Crippen LogP contribution in [0.25, 0.3) is 0 Å². The Morgan fingerprint density at radius 1 is 1.09 bits per heavy atom. The fraction of sp³-hybridized carbons (Fsp3) is 0.400. The van der Waals surface area contributed by atoms with Gasteiger partial charge in [-0.05, 0) is 29.4 Å². The van der Waals surface area contributed by atoms with Crippen LogP contribution >= 0.6 is 11.8 Å². The van der Waals surface area contributed by atoms with Gasteiger partial charge in [0.25, 0.3) is 0 Å². The lowest BCUT2D eigenvalue weighted by Crippen LogP contribution is -2.08. The zero-order valence-corrected chi connectivity index (χ0v) is 6.84. The summed E-state index contributed by atoms with van der Waals surface area (Å²) in [6.45, 7) is 0. The fourth-order valence-corrected chi connectivity index (χ4v) is 4.25. The molecule has 0 aromatic heterocycles. The summed E-state index contributed by atoms with van der Waals surface area (Å²) in [6, 6.07) is 8.93. The van der Waals surface area contributed by atoms with Crippen LogP contribution in [0.2, 0.25) is 0 Å². The minimum Gasteiger partial charge on any atom is -0.122 e. The van der Waals surface area contributed by atoms with E-state index in [0.717, 1.165) is 23.0 Å². The van der Waals surface area contributed by atoms with Crippen molar-refractivity contribution in [2.24, 2.45) is 11.8 Å². The topological polar surface area (TPSA) is 0 Å². The van der Waals surface area contributed by atoms with E-state index >= 15 is 0 Å². The van der Waals surface area contributed by atoms with E-state index in [-0.39, 0.29) is 0 Å². The molecule has 1 aromatic carbocycles. The van der Waals surface area contributed by atoms with Crippen molar-refractivity contribution in [1.29, 1.82) is 0 Å². The minimum absolute atomic E-state index is 0.998. The molecule has 2 heterocycles. The molecule has 0 nitrogen and oxygen atoms in total. The molecule has 54 valence electrons. The first-order valence-electron chi connectivity index (χ1n) is 4.22. The molecule has 2 aliphatic heterocycles. The van der Waals surface area contributed by atoms with E-state index < -0.39 is 0 Å². The monoisotopic (exact) mass is 160 g/mol. The average molecular weight is 160 g/mol. The number of benzene rings is 1. The van der Waals surface area contributed by atoms with Gasteiger partial charge in [-0.25, -0.2) is 0 Å². The van der Waals surface area contributed by atoms with Gasteiger partial charge in [0, 0.05) is 10.1 Å². The number of hydrogen-bond donors (Lipinski definition) is 0. The third kappa shape index (κ3) is 0.459. The third-order valence-electron chi connectivity index (χ3n) is 3.29. The van der Waals surface area contributed by atoms with Gasteiger partial charge in [-0.1, -0.05) is 18.2 Å². The molecule has 2 aliphatic carbocycles. The minimum atomic E-state index is 0.998. The summed E-state index contributed by atoms with van der Waals surface area (Å²) < 4.78 is 0. The second-order valence-corrected chi connectivity index (χ2v) is 5.02. The zero-order valence-electron chi connectivity index (χ0n) is 6.03. The van der Waals surface area contributed by atoms with E-state index in [1.165, 1.54) is 0 Å². The molecule has 2 saturated carbocycles. The van der Waals surface area contributed by atoms with Crippen LogP contribution in [0.1, 0.15) is 11.5 Å². The number of thioether (sulfide) groups is 1. The number of hydrogen-bond acceptors (Lipinski definition) is 1. The van der Waals surface area contributed by atoms with Crippen LogP contribution in [0.5, 0.6) is 0 Å². The van der Waals surface area contributed by atoms with Crippen LogP contribution in [-0.2, 0) is 0 Å². The standard InChI is InChI=1S/C10H8S/c1-2-4-6-5(3-1)7-8-9(7)10(8)11-6/h1-4,7-10H. The Kier molecular flexibility index (Phi) is 0.659. The van der Waals surface area contributed by atoms with Gasteiger partial charge in [0.15, 0.2) is 0 Å². The quantitative estimate of drug-likeness (QED) is 0.562. The van der Waals surface area contributed by atoms with Gasteiger partial charge in [-0.15, -0.1) is 11.8 Å². The summed E-state index contributed by atoms with van der Waals surface area (Å²) in [5.74, 6) is 3.21. The maximum absolute atomic E-state index is 2.31. The Labute approximate surface area is 70.0 Å². The van der Waals surface area contributed by atoms with Crippen LogP contribution in [0, 0.1) is 11.8 Å². The summed E-state index contributed by atoms with van der Waals surface area (Å²) in [5.41, 5.74) is 1.65. The predicted octanol–water partition coefficient (Wildman–Crippen LogP) is 2.50. The Balaban J connectivity index is 1.99. The van der Waals surface area contributed by atoms with E-state index in [9.17, 15) is 0 Å². The molecule has 0 spiro atoms. The molecule has 0 saturated heterocycles. The summed E-state index contributed by atoms with van der Waals surface area (Å²) in [7, 11) is 0. The van der Waals surface area contributed by atoms with Gasteiger partial charge in [0.1, 0.15) is 0 Å². The summed E-state index contributed by atoms with van der Waals surface area (Å²) >= 11 is 2.11. The first kappa shape index (κ1) is 5.26. The molecule has 11 heavy (non-hydrogen) atoms. The summed E-state index contributed by atoms with van der Waals surface area (Å²) in [5, 5.41) is 1.04. The molecular formula is C10H8S. The Morgan fingerprint density at radius 2 is 1.91 bits per heavy atom. The van der Waals surface area contributed by atoms with Gasteiger partial charge < -0.3 is 0 Å². The van der Waals surface area contributed by atoms with E-state index in [1.807, 2.05) is 0 Å². The van der Waals surface area contributed by atoms with Gasteiger partial charge in [0.2, 0.25) is 0 Å². The molecule has 2 unspecified atom stereocenters. The molecule has 2 bridgehead atoms. The van der Waals surface area contributed by atoms with Crippen molar-refractivity contribution < 1.29 is 0 Å². The van der Waals surface area contributed by atoms with E-state index in [2.05, 4.69) is 36.0 Å². The second-order valence-electron chi connectivity index (χ2n) is 3.80.